The number of amides is 3. The molecule has 7 nitrogen and oxygen atoms in total. The van der Waals surface area contributed by atoms with Gasteiger partial charge in [-0.05, 0) is 48.0 Å². The van der Waals surface area contributed by atoms with Crippen LogP contribution in [0.5, 0.6) is 0 Å². The van der Waals surface area contributed by atoms with Crippen LogP contribution in [-0.4, -0.2) is 29.3 Å². The second kappa shape index (κ2) is 9.74. The van der Waals surface area contributed by atoms with Crippen LogP contribution in [0, 0.1) is 5.92 Å². The third-order valence-corrected chi connectivity index (χ3v) is 5.68. The van der Waals surface area contributed by atoms with Gasteiger partial charge < -0.3 is 15.5 Å². The van der Waals surface area contributed by atoms with Gasteiger partial charge in [-0.2, -0.15) is 0 Å². The molecule has 1 unspecified atom stereocenters. The van der Waals surface area contributed by atoms with Crippen molar-refractivity contribution in [2.24, 2.45) is 5.92 Å². The number of halogens is 1. The highest BCUT2D eigenvalue weighted by molar-refractivity contribution is 9.10. The highest BCUT2D eigenvalue weighted by Crippen LogP contribution is 2.27. The Hall–Kier alpha value is -3.52. The monoisotopic (exact) mass is 492 g/mol. The Labute approximate surface area is 194 Å². The Morgan fingerprint density at radius 3 is 2.72 bits per heavy atom. The third-order valence-electron chi connectivity index (χ3n) is 5.19. The molecule has 2 heterocycles. The van der Waals surface area contributed by atoms with Gasteiger partial charge in [0.25, 0.3) is 5.91 Å². The molecule has 1 aliphatic rings. The van der Waals surface area contributed by atoms with E-state index in [0.717, 1.165) is 15.7 Å². The molecule has 3 amide bonds. The maximum Gasteiger partial charge on any atom is 0.257 e. The lowest BCUT2D eigenvalue weighted by Gasteiger charge is -2.17. The summed E-state index contributed by atoms with van der Waals surface area (Å²) in [6.45, 7) is 0.652. The summed E-state index contributed by atoms with van der Waals surface area (Å²) < 4.78 is 0.881. The zero-order valence-electron chi connectivity index (χ0n) is 17.1. The van der Waals surface area contributed by atoms with E-state index in [-0.39, 0.29) is 24.1 Å². The lowest BCUT2D eigenvalue weighted by Crippen LogP contribution is -2.32. The molecule has 1 aliphatic heterocycles. The summed E-state index contributed by atoms with van der Waals surface area (Å²) in [4.78, 5) is 43.0. The number of carbonyl (C=O) groups is 3. The van der Waals surface area contributed by atoms with E-state index in [1.54, 1.807) is 29.3 Å². The topological polar surface area (TPSA) is 91.4 Å². The molecule has 0 spiro atoms. The van der Waals surface area contributed by atoms with Crippen molar-refractivity contribution < 1.29 is 14.4 Å². The van der Waals surface area contributed by atoms with Gasteiger partial charge in [0.2, 0.25) is 11.8 Å². The average Bonchev–Trinajstić information content (AvgIpc) is 3.20. The minimum Gasteiger partial charge on any atom is -0.352 e. The molecular formula is C24H21BrN4O3. The van der Waals surface area contributed by atoms with Crippen molar-refractivity contribution in [3.8, 4) is 0 Å². The number of hydrogen-bond donors (Lipinski definition) is 2. The maximum atomic E-state index is 12.7. The number of nitrogens with zero attached hydrogens (tertiary/aromatic N) is 2. The minimum atomic E-state index is -0.407. The number of hydrogen-bond acceptors (Lipinski definition) is 4. The van der Waals surface area contributed by atoms with Crippen LogP contribution in [0.25, 0.3) is 0 Å². The smallest absolute Gasteiger partial charge is 0.257 e. The van der Waals surface area contributed by atoms with Gasteiger partial charge in [0.1, 0.15) is 0 Å². The van der Waals surface area contributed by atoms with Crippen molar-refractivity contribution in [3.63, 3.8) is 0 Å². The first-order valence-electron chi connectivity index (χ1n) is 10.1. The van der Waals surface area contributed by atoms with Crippen molar-refractivity contribution >= 4 is 45.0 Å². The van der Waals surface area contributed by atoms with Gasteiger partial charge in [-0.1, -0.05) is 34.1 Å². The van der Waals surface area contributed by atoms with Crippen LogP contribution in [0.15, 0.2) is 77.5 Å². The van der Waals surface area contributed by atoms with Crippen molar-refractivity contribution in [1.82, 2.24) is 10.3 Å². The van der Waals surface area contributed by atoms with E-state index in [0.29, 0.717) is 24.3 Å². The Bertz CT molecular complexity index is 1150. The van der Waals surface area contributed by atoms with Crippen LogP contribution in [0.4, 0.5) is 11.4 Å². The highest BCUT2D eigenvalue weighted by atomic mass is 79.9. The van der Waals surface area contributed by atoms with Crippen molar-refractivity contribution in [2.45, 2.75) is 13.0 Å². The van der Waals surface area contributed by atoms with Crippen LogP contribution >= 0.6 is 15.9 Å². The second-order valence-corrected chi connectivity index (χ2v) is 8.41. The summed E-state index contributed by atoms with van der Waals surface area (Å²) in [5, 5.41) is 5.74. The molecule has 2 aromatic carbocycles. The van der Waals surface area contributed by atoms with Crippen LogP contribution in [0.3, 0.4) is 0 Å². The van der Waals surface area contributed by atoms with Gasteiger partial charge in [0.15, 0.2) is 0 Å². The summed E-state index contributed by atoms with van der Waals surface area (Å²) >= 11 is 3.41. The quantitative estimate of drug-likeness (QED) is 0.547. The Morgan fingerprint density at radius 2 is 1.94 bits per heavy atom. The van der Waals surface area contributed by atoms with E-state index in [4.69, 9.17) is 0 Å². The van der Waals surface area contributed by atoms with Gasteiger partial charge in [-0.3, -0.25) is 19.4 Å². The number of nitrogens with one attached hydrogen (secondary N) is 2. The van der Waals surface area contributed by atoms with Crippen molar-refractivity contribution in [2.75, 3.05) is 16.8 Å². The largest absolute Gasteiger partial charge is 0.352 e. The van der Waals surface area contributed by atoms with E-state index in [1.165, 1.54) is 6.20 Å². The second-order valence-electron chi connectivity index (χ2n) is 7.50. The molecule has 1 saturated heterocycles. The van der Waals surface area contributed by atoms with Crippen molar-refractivity contribution in [3.05, 3.63) is 88.7 Å². The number of benzene rings is 2. The molecule has 1 fully saturated rings. The predicted octanol–water partition coefficient (Wildman–Crippen LogP) is 3.77. The van der Waals surface area contributed by atoms with Crippen LogP contribution < -0.4 is 15.5 Å². The van der Waals surface area contributed by atoms with Gasteiger partial charge in [0, 0.05) is 47.8 Å². The summed E-state index contributed by atoms with van der Waals surface area (Å²) in [6, 6.07) is 18.1. The van der Waals surface area contributed by atoms with Crippen molar-refractivity contribution in [1.29, 1.82) is 0 Å². The lowest BCUT2D eigenvalue weighted by atomic mass is 10.1. The molecule has 1 atom stereocenters. The molecule has 8 heteroatoms. The molecule has 0 bridgehead atoms. The van der Waals surface area contributed by atoms with Gasteiger partial charge in [-0.15, -0.1) is 0 Å². The van der Waals surface area contributed by atoms with E-state index >= 15 is 0 Å². The summed E-state index contributed by atoms with van der Waals surface area (Å²) in [5.74, 6) is -0.893. The number of anilines is 2. The van der Waals surface area contributed by atoms with E-state index in [9.17, 15) is 14.4 Å². The Morgan fingerprint density at radius 1 is 1.09 bits per heavy atom. The van der Waals surface area contributed by atoms with E-state index in [2.05, 4.69) is 31.5 Å². The maximum absolute atomic E-state index is 12.7. The molecule has 1 aromatic heterocycles. The Balaban J connectivity index is 1.34. The minimum absolute atomic E-state index is 0.0663. The van der Waals surface area contributed by atoms with Crippen LogP contribution in [0.1, 0.15) is 22.3 Å². The fourth-order valence-corrected chi connectivity index (χ4v) is 3.96. The molecule has 0 aliphatic carbocycles. The zero-order chi connectivity index (χ0) is 22.5. The van der Waals surface area contributed by atoms with E-state index in [1.807, 2.05) is 42.5 Å². The fraction of sp³-hybridized carbons (Fsp3) is 0.167. The lowest BCUT2D eigenvalue weighted by molar-refractivity contribution is -0.126. The summed E-state index contributed by atoms with van der Waals surface area (Å²) in [6.07, 6.45) is 3.29. The molecule has 2 N–H and O–H groups in total. The average molecular weight is 493 g/mol. The molecule has 162 valence electrons. The first kappa shape index (κ1) is 21.7. The molecule has 32 heavy (non-hydrogen) atoms. The van der Waals surface area contributed by atoms with Crippen LogP contribution in [0.2, 0.25) is 0 Å². The fourth-order valence-electron chi connectivity index (χ4n) is 3.57. The summed E-state index contributed by atoms with van der Waals surface area (Å²) in [7, 11) is 0. The first-order chi connectivity index (χ1) is 15.5. The normalized spacial score (nSPS) is 15.5. The van der Waals surface area contributed by atoms with Gasteiger partial charge in [0.05, 0.1) is 11.5 Å². The Kier molecular flexibility index (Phi) is 6.61. The first-order valence-corrected chi connectivity index (χ1v) is 10.9. The van der Waals surface area contributed by atoms with E-state index < -0.39 is 5.92 Å². The zero-order valence-corrected chi connectivity index (χ0v) is 18.7. The molecule has 3 aromatic rings. The molecule has 4 rings (SSSR count). The number of aromatic nitrogens is 1. The number of pyridine rings is 1. The van der Waals surface area contributed by atoms with Gasteiger partial charge in [-0.25, -0.2) is 0 Å². The number of carbonyl (C=O) groups excluding carboxylic acids is 3. The SMILES string of the molecule is O=C(Nc1cccc(CNC(=O)C2CC(=O)N(c3cccc(Br)c3)C2)c1)c1cccnc1. The third kappa shape index (κ3) is 5.20. The van der Waals surface area contributed by atoms with Gasteiger partial charge >= 0.3 is 0 Å². The molecule has 0 saturated carbocycles. The molecule has 0 radical (unpaired) electrons. The van der Waals surface area contributed by atoms with Crippen LogP contribution in [-0.2, 0) is 16.1 Å². The number of rotatable bonds is 6. The highest BCUT2D eigenvalue weighted by Gasteiger charge is 2.35. The molecular weight excluding hydrogens is 472 g/mol. The predicted molar refractivity (Wildman–Crippen MR) is 125 cm³/mol. The summed E-state index contributed by atoms with van der Waals surface area (Å²) in [5.41, 5.74) is 2.71. The standard InChI is InChI=1S/C24H21BrN4O3/c25-19-6-2-8-21(12-19)29-15-18(11-22(29)30)23(31)27-13-16-4-1-7-20(10-16)28-24(32)17-5-3-9-26-14-17/h1-10,12,14,18H,11,13,15H2,(H,27,31)(H,28,32).